The number of rotatable bonds is 1. The van der Waals surface area contributed by atoms with E-state index in [1.807, 2.05) is 41.3 Å². The first kappa shape index (κ1) is 13.1. The third kappa shape index (κ3) is 2.08. The van der Waals surface area contributed by atoms with Crippen LogP contribution in [-0.2, 0) is 6.42 Å². The molecule has 0 saturated carbocycles. The van der Waals surface area contributed by atoms with Crippen molar-refractivity contribution < 1.29 is 4.39 Å². The molecule has 0 fully saturated rings. The highest BCUT2D eigenvalue weighted by molar-refractivity contribution is 5.83. The molecule has 3 aromatic rings. The van der Waals surface area contributed by atoms with Crippen molar-refractivity contribution in [1.82, 2.24) is 4.98 Å². The number of halogens is 1. The monoisotopic (exact) mass is 294 g/mol. The fraction of sp³-hybridized carbons (Fsp3) is 0.167. The lowest BCUT2D eigenvalue weighted by Crippen LogP contribution is -2.29. The van der Waals surface area contributed by atoms with Crippen molar-refractivity contribution in [2.24, 2.45) is 0 Å². The average Bonchev–Trinajstić information content (AvgIpc) is 2.54. The van der Waals surface area contributed by atoms with Crippen molar-refractivity contribution in [3.63, 3.8) is 0 Å². The molecule has 0 bridgehead atoms. The van der Waals surface area contributed by atoms with Gasteiger partial charge in [0.1, 0.15) is 11.5 Å². The fourth-order valence-corrected chi connectivity index (χ4v) is 3.13. The number of aromatic amines is 1. The summed E-state index contributed by atoms with van der Waals surface area (Å²) in [6, 6.07) is 14.4. The SMILES string of the molecule is O=c1[nH]c2ccccc2cc1N1CCCc2ccc(F)cc21. The Bertz CT molecular complexity index is 916. The second-order valence-corrected chi connectivity index (χ2v) is 5.60. The Labute approximate surface area is 127 Å². The number of anilines is 2. The van der Waals surface area contributed by atoms with Crippen LogP contribution in [0.15, 0.2) is 53.3 Å². The van der Waals surface area contributed by atoms with E-state index in [2.05, 4.69) is 4.98 Å². The largest absolute Gasteiger partial charge is 0.337 e. The van der Waals surface area contributed by atoms with Crippen LogP contribution in [0.3, 0.4) is 0 Å². The number of H-pyrrole nitrogens is 1. The summed E-state index contributed by atoms with van der Waals surface area (Å²) in [5, 5.41) is 0.973. The van der Waals surface area contributed by atoms with Crippen LogP contribution < -0.4 is 10.5 Å². The molecule has 4 heteroatoms. The third-order valence-corrected chi connectivity index (χ3v) is 4.19. The number of fused-ring (bicyclic) bond motifs is 2. The number of hydrogen-bond acceptors (Lipinski definition) is 2. The quantitative estimate of drug-likeness (QED) is 0.742. The van der Waals surface area contributed by atoms with Crippen LogP contribution in [0.4, 0.5) is 15.8 Å². The van der Waals surface area contributed by atoms with E-state index in [0.29, 0.717) is 5.69 Å². The van der Waals surface area contributed by atoms with Crippen LogP contribution in [0.5, 0.6) is 0 Å². The maximum Gasteiger partial charge on any atom is 0.272 e. The minimum atomic E-state index is -0.275. The Morgan fingerprint density at radius 3 is 2.82 bits per heavy atom. The molecular formula is C18H15FN2O. The number of hydrogen-bond donors (Lipinski definition) is 1. The van der Waals surface area contributed by atoms with Gasteiger partial charge in [0, 0.05) is 23.1 Å². The Kier molecular flexibility index (Phi) is 2.96. The first-order chi connectivity index (χ1) is 10.7. The number of nitrogens with zero attached hydrogens (tertiary/aromatic N) is 1. The van der Waals surface area contributed by atoms with Gasteiger partial charge in [-0.05, 0) is 42.7 Å². The molecule has 0 saturated heterocycles. The van der Waals surface area contributed by atoms with Crippen molar-refractivity contribution >= 4 is 22.3 Å². The van der Waals surface area contributed by atoms with Crippen molar-refractivity contribution in [1.29, 1.82) is 0 Å². The van der Waals surface area contributed by atoms with Crippen LogP contribution in [-0.4, -0.2) is 11.5 Å². The highest BCUT2D eigenvalue weighted by Gasteiger charge is 2.21. The molecule has 3 nitrogen and oxygen atoms in total. The molecule has 2 aromatic carbocycles. The van der Waals surface area contributed by atoms with Gasteiger partial charge >= 0.3 is 0 Å². The van der Waals surface area contributed by atoms with Gasteiger partial charge in [0.15, 0.2) is 0 Å². The first-order valence-corrected chi connectivity index (χ1v) is 7.40. The van der Waals surface area contributed by atoms with Crippen LogP contribution in [0.25, 0.3) is 10.9 Å². The second-order valence-electron chi connectivity index (χ2n) is 5.60. The summed E-state index contributed by atoms with van der Waals surface area (Å²) in [6.07, 6.45) is 1.86. The zero-order valence-corrected chi connectivity index (χ0v) is 12.0. The topological polar surface area (TPSA) is 36.1 Å². The summed E-state index contributed by atoms with van der Waals surface area (Å²) in [4.78, 5) is 17.3. The highest BCUT2D eigenvalue weighted by atomic mass is 19.1. The molecule has 0 atom stereocenters. The first-order valence-electron chi connectivity index (χ1n) is 7.40. The standard InChI is InChI=1S/C18H15FN2O/c19-14-8-7-12-5-3-9-21(16(12)11-14)17-10-13-4-1-2-6-15(13)20-18(17)22/h1-2,4,6-8,10-11H,3,5,9H2,(H,20,22). The van der Waals surface area contributed by atoms with Gasteiger partial charge in [-0.3, -0.25) is 4.79 Å². The number of para-hydroxylation sites is 1. The van der Waals surface area contributed by atoms with Crippen molar-refractivity contribution in [2.45, 2.75) is 12.8 Å². The number of pyridine rings is 1. The molecule has 1 aliphatic heterocycles. The minimum Gasteiger partial charge on any atom is -0.337 e. The van der Waals surface area contributed by atoms with E-state index in [1.165, 1.54) is 12.1 Å². The van der Waals surface area contributed by atoms with E-state index in [0.717, 1.165) is 41.5 Å². The van der Waals surface area contributed by atoms with Crippen molar-refractivity contribution in [3.8, 4) is 0 Å². The summed E-state index contributed by atoms with van der Waals surface area (Å²) in [6.45, 7) is 0.720. The molecule has 1 N–H and O–H groups in total. The molecule has 110 valence electrons. The molecule has 0 spiro atoms. The van der Waals surface area contributed by atoms with Gasteiger partial charge in [-0.1, -0.05) is 24.3 Å². The number of benzene rings is 2. The maximum atomic E-state index is 13.6. The Hall–Kier alpha value is -2.62. The second kappa shape index (κ2) is 4.98. The molecule has 22 heavy (non-hydrogen) atoms. The van der Waals surface area contributed by atoms with E-state index >= 15 is 0 Å². The molecule has 2 heterocycles. The molecule has 0 aliphatic carbocycles. The molecule has 1 aromatic heterocycles. The summed E-state index contributed by atoms with van der Waals surface area (Å²) in [5.41, 5.74) is 3.13. The summed E-state index contributed by atoms with van der Waals surface area (Å²) in [5.74, 6) is -0.275. The molecule has 0 amide bonds. The molecule has 1 aliphatic rings. The van der Waals surface area contributed by atoms with Gasteiger partial charge in [-0.25, -0.2) is 4.39 Å². The van der Waals surface area contributed by atoms with Crippen LogP contribution in [0, 0.1) is 5.82 Å². The fourth-order valence-electron chi connectivity index (χ4n) is 3.13. The van der Waals surface area contributed by atoms with Gasteiger partial charge in [-0.15, -0.1) is 0 Å². The lowest BCUT2D eigenvalue weighted by Gasteiger charge is -2.30. The van der Waals surface area contributed by atoms with Gasteiger partial charge in [0.05, 0.1) is 0 Å². The molecule has 0 radical (unpaired) electrons. The van der Waals surface area contributed by atoms with Crippen LogP contribution in [0.2, 0.25) is 0 Å². The van der Waals surface area contributed by atoms with Crippen molar-refractivity contribution in [2.75, 3.05) is 11.4 Å². The molecule has 0 unspecified atom stereocenters. The summed E-state index contributed by atoms with van der Waals surface area (Å²) in [7, 11) is 0. The minimum absolute atomic E-state index is 0.143. The van der Waals surface area contributed by atoms with E-state index < -0.39 is 0 Å². The normalized spacial score (nSPS) is 14.1. The Morgan fingerprint density at radius 1 is 1.05 bits per heavy atom. The Balaban J connectivity index is 1.92. The lowest BCUT2D eigenvalue weighted by molar-refractivity contribution is 0.624. The molecule has 4 rings (SSSR count). The van der Waals surface area contributed by atoms with E-state index in [9.17, 15) is 9.18 Å². The third-order valence-electron chi connectivity index (χ3n) is 4.19. The summed E-state index contributed by atoms with van der Waals surface area (Å²) < 4.78 is 13.6. The van der Waals surface area contributed by atoms with Crippen molar-refractivity contribution in [3.05, 3.63) is 70.3 Å². The van der Waals surface area contributed by atoms with Crippen LogP contribution >= 0.6 is 0 Å². The van der Waals surface area contributed by atoms with E-state index in [4.69, 9.17) is 0 Å². The number of aromatic nitrogens is 1. The van der Waals surface area contributed by atoms with Gasteiger partial charge in [-0.2, -0.15) is 0 Å². The zero-order valence-electron chi connectivity index (χ0n) is 12.0. The predicted molar refractivity (Wildman–Crippen MR) is 86.3 cm³/mol. The smallest absolute Gasteiger partial charge is 0.272 e. The average molecular weight is 294 g/mol. The van der Waals surface area contributed by atoms with E-state index in [1.54, 1.807) is 0 Å². The van der Waals surface area contributed by atoms with Crippen LogP contribution in [0.1, 0.15) is 12.0 Å². The summed E-state index contributed by atoms with van der Waals surface area (Å²) >= 11 is 0. The molecular weight excluding hydrogens is 279 g/mol. The van der Waals surface area contributed by atoms with Gasteiger partial charge in [0.25, 0.3) is 5.56 Å². The van der Waals surface area contributed by atoms with Gasteiger partial charge in [0.2, 0.25) is 0 Å². The number of aryl methyl sites for hydroxylation is 1. The predicted octanol–water partition coefficient (Wildman–Crippen LogP) is 3.75. The Morgan fingerprint density at radius 2 is 1.91 bits per heavy atom. The zero-order chi connectivity index (χ0) is 15.1. The maximum absolute atomic E-state index is 13.6. The number of nitrogens with one attached hydrogen (secondary N) is 1. The van der Waals surface area contributed by atoms with Gasteiger partial charge < -0.3 is 9.88 Å². The lowest BCUT2D eigenvalue weighted by atomic mass is 10.0. The highest BCUT2D eigenvalue weighted by Crippen LogP contribution is 2.33. The van der Waals surface area contributed by atoms with E-state index in [-0.39, 0.29) is 11.4 Å².